The van der Waals surface area contributed by atoms with E-state index in [2.05, 4.69) is 20.2 Å². The molecule has 1 saturated heterocycles. The van der Waals surface area contributed by atoms with Gasteiger partial charge in [0.25, 0.3) is 0 Å². The first-order chi connectivity index (χ1) is 15.6. The van der Waals surface area contributed by atoms with Crippen LogP contribution in [0, 0.1) is 5.92 Å². The van der Waals surface area contributed by atoms with Gasteiger partial charge in [0.05, 0.1) is 17.0 Å². The monoisotopic (exact) mass is 447 g/mol. The lowest BCUT2D eigenvalue weighted by Crippen LogP contribution is -2.38. The Bertz CT molecular complexity index is 1270. The predicted octanol–water partition coefficient (Wildman–Crippen LogP) is 4.63. The molecule has 1 amide bonds. The first kappa shape index (κ1) is 20.3. The van der Waals surface area contributed by atoms with Crippen molar-refractivity contribution in [1.29, 1.82) is 0 Å². The molecule has 0 atom stereocenters. The van der Waals surface area contributed by atoms with Crippen molar-refractivity contribution >= 4 is 39.9 Å². The molecule has 0 saturated carbocycles. The van der Waals surface area contributed by atoms with Gasteiger partial charge in [0.1, 0.15) is 17.1 Å². The van der Waals surface area contributed by atoms with Crippen LogP contribution in [0.1, 0.15) is 12.8 Å². The first-order valence-electron chi connectivity index (χ1n) is 10.5. The Hall–Kier alpha value is -3.58. The van der Waals surface area contributed by atoms with E-state index in [0.717, 1.165) is 42.8 Å². The summed E-state index contributed by atoms with van der Waals surface area (Å²) < 4.78 is 1.82. The number of imidazole rings is 1. The van der Waals surface area contributed by atoms with E-state index < -0.39 is 0 Å². The number of aromatic hydroxyl groups is 1. The van der Waals surface area contributed by atoms with Crippen LogP contribution in [0.15, 0.2) is 67.3 Å². The number of anilines is 2. The quantitative estimate of drug-likeness (QED) is 0.476. The largest absolute Gasteiger partial charge is 0.506 e. The van der Waals surface area contributed by atoms with Crippen molar-refractivity contribution < 1.29 is 9.90 Å². The Labute approximate surface area is 190 Å². The fourth-order valence-corrected chi connectivity index (χ4v) is 4.39. The maximum atomic E-state index is 12.8. The van der Waals surface area contributed by atoms with Crippen LogP contribution >= 0.6 is 11.6 Å². The van der Waals surface area contributed by atoms with Gasteiger partial charge in [-0.2, -0.15) is 0 Å². The summed E-state index contributed by atoms with van der Waals surface area (Å²) in [7, 11) is 0. The van der Waals surface area contributed by atoms with E-state index in [9.17, 15) is 9.90 Å². The predicted molar refractivity (Wildman–Crippen MR) is 126 cm³/mol. The Morgan fingerprint density at radius 1 is 1.12 bits per heavy atom. The van der Waals surface area contributed by atoms with E-state index in [-0.39, 0.29) is 17.6 Å². The SMILES string of the molecule is O=C(Nc1ccc(-n2ccnc2)c(Cl)c1)C1CCN(c2ccc3cccc(O)c3n2)CC1. The molecule has 3 heterocycles. The number of benzene rings is 2. The average Bonchev–Trinajstić information content (AvgIpc) is 3.34. The highest BCUT2D eigenvalue weighted by atomic mass is 35.5. The third-order valence-corrected chi connectivity index (χ3v) is 6.17. The lowest BCUT2D eigenvalue weighted by atomic mass is 9.95. The van der Waals surface area contributed by atoms with E-state index in [1.54, 1.807) is 24.7 Å². The molecular weight excluding hydrogens is 426 g/mol. The van der Waals surface area contributed by atoms with Crippen LogP contribution in [0.3, 0.4) is 0 Å². The minimum absolute atomic E-state index is 0.000197. The number of nitrogens with zero attached hydrogens (tertiary/aromatic N) is 4. The Kier molecular flexibility index (Phi) is 5.41. The van der Waals surface area contributed by atoms with Gasteiger partial charge in [0.15, 0.2) is 0 Å². The van der Waals surface area contributed by atoms with Crippen molar-refractivity contribution in [2.75, 3.05) is 23.3 Å². The van der Waals surface area contributed by atoms with Gasteiger partial charge in [-0.05, 0) is 49.2 Å². The van der Waals surface area contributed by atoms with Gasteiger partial charge in [0.2, 0.25) is 5.91 Å². The van der Waals surface area contributed by atoms with Gasteiger partial charge < -0.3 is 19.9 Å². The number of rotatable bonds is 4. The molecule has 0 spiro atoms. The van der Waals surface area contributed by atoms with E-state index >= 15 is 0 Å². The fourth-order valence-electron chi connectivity index (χ4n) is 4.11. The lowest BCUT2D eigenvalue weighted by Gasteiger charge is -2.32. The average molecular weight is 448 g/mol. The van der Waals surface area contributed by atoms with Crippen LogP contribution in [-0.2, 0) is 4.79 Å². The molecule has 2 aromatic carbocycles. The highest BCUT2D eigenvalue weighted by molar-refractivity contribution is 6.32. The number of piperidine rings is 1. The van der Waals surface area contributed by atoms with Crippen molar-refractivity contribution in [1.82, 2.24) is 14.5 Å². The molecule has 0 bridgehead atoms. The van der Waals surface area contributed by atoms with Gasteiger partial charge in [-0.3, -0.25) is 4.79 Å². The molecule has 4 aromatic rings. The third kappa shape index (κ3) is 3.99. The number of para-hydroxylation sites is 1. The number of hydrogen-bond acceptors (Lipinski definition) is 5. The van der Waals surface area contributed by atoms with Gasteiger partial charge in [0, 0.05) is 42.5 Å². The minimum Gasteiger partial charge on any atom is -0.506 e. The molecule has 162 valence electrons. The minimum atomic E-state index is -0.0767. The molecule has 1 fully saturated rings. The van der Waals surface area contributed by atoms with E-state index in [1.165, 1.54) is 0 Å². The van der Waals surface area contributed by atoms with Crippen LogP contribution in [0.4, 0.5) is 11.5 Å². The zero-order valence-corrected chi connectivity index (χ0v) is 18.0. The zero-order chi connectivity index (χ0) is 22.1. The molecule has 2 N–H and O–H groups in total. The molecule has 1 aliphatic rings. The summed E-state index contributed by atoms with van der Waals surface area (Å²) >= 11 is 6.40. The molecule has 0 aliphatic carbocycles. The number of pyridine rings is 1. The molecule has 0 unspecified atom stereocenters. The lowest BCUT2D eigenvalue weighted by molar-refractivity contribution is -0.120. The molecular formula is C24H22ClN5O2. The number of aromatic nitrogens is 3. The third-order valence-electron chi connectivity index (χ3n) is 5.87. The van der Waals surface area contributed by atoms with Crippen LogP contribution in [0.25, 0.3) is 16.6 Å². The topological polar surface area (TPSA) is 83.3 Å². The summed E-state index contributed by atoms with van der Waals surface area (Å²) in [6.45, 7) is 1.45. The summed E-state index contributed by atoms with van der Waals surface area (Å²) in [5, 5.41) is 14.5. The highest BCUT2D eigenvalue weighted by Crippen LogP contribution is 2.29. The van der Waals surface area contributed by atoms with Crippen LogP contribution < -0.4 is 10.2 Å². The number of halogens is 1. The summed E-state index contributed by atoms with van der Waals surface area (Å²) in [6, 6.07) is 14.8. The number of phenols is 1. The van der Waals surface area contributed by atoms with Crippen molar-refractivity contribution in [3.63, 3.8) is 0 Å². The standard InChI is InChI=1S/C24H22ClN5O2/c25-19-14-18(5-6-20(19)30-13-10-26-15-30)27-24(32)17-8-11-29(12-9-17)22-7-4-16-2-1-3-21(31)23(16)28-22/h1-7,10,13-15,17,31H,8-9,11-12H2,(H,27,32). The van der Waals surface area contributed by atoms with Crippen LogP contribution in [0.2, 0.25) is 5.02 Å². The fraction of sp³-hybridized carbons (Fsp3) is 0.208. The molecule has 0 radical (unpaired) electrons. The zero-order valence-electron chi connectivity index (χ0n) is 17.3. The van der Waals surface area contributed by atoms with Crippen molar-refractivity contribution in [2.45, 2.75) is 12.8 Å². The Balaban J connectivity index is 1.22. The van der Waals surface area contributed by atoms with Gasteiger partial charge >= 0.3 is 0 Å². The summed E-state index contributed by atoms with van der Waals surface area (Å²) in [5.41, 5.74) is 2.09. The second-order valence-corrected chi connectivity index (χ2v) is 8.31. The second-order valence-electron chi connectivity index (χ2n) is 7.91. The smallest absolute Gasteiger partial charge is 0.227 e. The van der Waals surface area contributed by atoms with Gasteiger partial charge in [-0.15, -0.1) is 0 Å². The maximum absolute atomic E-state index is 12.8. The van der Waals surface area contributed by atoms with Crippen LogP contribution in [0.5, 0.6) is 5.75 Å². The molecule has 1 aliphatic heterocycles. The normalized spacial score (nSPS) is 14.6. The van der Waals surface area contributed by atoms with Crippen molar-refractivity contribution in [2.24, 2.45) is 5.92 Å². The van der Waals surface area contributed by atoms with Crippen molar-refractivity contribution in [3.05, 3.63) is 72.3 Å². The first-order valence-corrected chi connectivity index (χ1v) is 10.9. The molecule has 8 heteroatoms. The summed E-state index contributed by atoms with van der Waals surface area (Å²) in [5.74, 6) is 0.920. The van der Waals surface area contributed by atoms with Crippen LogP contribution in [-0.4, -0.2) is 38.6 Å². The Morgan fingerprint density at radius 3 is 2.72 bits per heavy atom. The number of phenolic OH excluding ortho intramolecular Hbond substituents is 1. The number of carbonyl (C=O) groups excluding carboxylic acids is 1. The van der Waals surface area contributed by atoms with Gasteiger partial charge in [-0.1, -0.05) is 23.7 Å². The summed E-state index contributed by atoms with van der Waals surface area (Å²) in [6.07, 6.45) is 6.65. The second kappa shape index (κ2) is 8.51. The number of nitrogens with one attached hydrogen (secondary N) is 1. The van der Waals surface area contributed by atoms with Gasteiger partial charge in [-0.25, -0.2) is 9.97 Å². The molecule has 32 heavy (non-hydrogen) atoms. The molecule has 2 aromatic heterocycles. The van der Waals surface area contributed by atoms with Crippen molar-refractivity contribution in [3.8, 4) is 11.4 Å². The van der Waals surface area contributed by atoms with E-state index in [4.69, 9.17) is 11.6 Å². The number of amides is 1. The number of fused-ring (bicyclic) bond motifs is 1. The Morgan fingerprint density at radius 2 is 1.97 bits per heavy atom. The van der Waals surface area contributed by atoms with E-state index in [1.807, 2.05) is 47.2 Å². The molecule has 7 nitrogen and oxygen atoms in total. The summed E-state index contributed by atoms with van der Waals surface area (Å²) in [4.78, 5) is 23.6. The van der Waals surface area contributed by atoms with E-state index in [0.29, 0.717) is 16.2 Å². The number of carbonyl (C=O) groups is 1. The maximum Gasteiger partial charge on any atom is 0.227 e. The molecule has 5 rings (SSSR count). The highest BCUT2D eigenvalue weighted by Gasteiger charge is 2.26. The number of hydrogen-bond donors (Lipinski definition) is 2.